The average molecular weight is 613 g/mol. The van der Waals surface area contributed by atoms with E-state index in [1.807, 2.05) is 0 Å². The minimum absolute atomic E-state index is 0.269. The molecule has 4 aromatic carbocycles. The van der Waals surface area contributed by atoms with Crippen LogP contribution in [0.1, 0.15) is 27.2 Å². The molecule has 2 nitrogen and oxygen atoms in total. The Kier molecular flexibility index (Phi) is 8.93. The van der Waals surface area contributed by atoms with Crippen molar-refractivity contribution in [2.24, 2.45) is 17.8 Å². The number of rotatable bonds is 8. The number of benzene rings is 4. The lowest BCUT2D eigenvalue weighted by Gasteiger charge is -2.40. The second kappa shape index (κ2) is 13.7. The monoisotopic (exact) mass is 612 g/mol. The van der Waals surface area contributed by atoms with E-state index in [4.69, 9.17) is 0 Å². The van der Waals surface area contributed by atoms with Crippen LogP contribution in [0.4, 0.5) is 17.1 Å². The average Bonchev–Trinajstić information content (AvgIpc) is 3.12. The third-order valence-electron chi connectivity index (χ3n) is 9.89. The maximum atomic E-state index is 2.55. The number of nitrogens with zero attached hydrogens (tertiary/aromatic N) is 2. The van der Waals surface area contributed by atoms with E-state index in [2.05, 4.69) is 201 Å². The van der Waals surface area contributed by atoms with Gasteiger partial charge in [-0.25, -0.2) is 0 Å². The molecule has 0 spiro atoms. The molecule has 5 atom stereocenters. The maximum absolute atomic E-state index is 2.55. The van der Waals surface area contributed by atoms with Gasteiger partial charge in [0.2, 0.25) is 0 Å². The first-order valence-electron chi connectivity index (χ1n) is 17.1. The minimum Gasteiger partial charge on any atom is -0.337 e. The summed E-state index contributed by atoms with van der Waals surface area (Å²) in [4.78, 5) is 5.00. The topological polar surface area (TPSA) is 6.48 Å². The van der Waals surface area contributed by atoms with Gasteiger partial charge in [0.1, 0.15) is 0 Å². The largest absolute Gasteiger partial charge is 0.337 e. The van der Waals surface area contributed by atoms with Crippen LogP contribution in [0.25, 0.3) is 22.3 Å². The van der Waals surface area contributed by atoms with Gasteiger partial charge in [-0.2, -0.15) is 0 Å². The fraction of sp³-hybridized carbons (Fsp3) is 0.200. The van der Waals surface area contributed by atoms with E-state index in [9.17, 15) is 0 Å². The first-order chi connectivity index (χ1) is 23.1. The van der Waals surface area contributed by atoms with Crippen molar-refractivity contribution in [3.05, 3.63) is 176 Å². The molecule has 3 aliphatic carbocycles. The van der Waals surface area contributed by atoms with Gasteiger partial charge in [-0.1, -0.05) is 148 Å². The van der Waals surface area contributed by atoms with Crippen molar-refractivity contribution in [3.63, 3.8) is 0 Å². The van der Waals surface area contributed by atoms with Crippen LogP contribution in [0.5, 0.6) is 0 Å². The number of hydrogen-bond donors (Lipinski definition) is 0. The Morgan fingerprint density at radius 2 is 0.872 bits per heavy atom. The predicted molar refractivity (Wildman–Crippen MR) is 202 cm³/mol. The van der Waals surface area contributed by atoms with Crippen LogP contribution in [-0.2, 0) is 0 Å². The number of allylic oxidation sites excluding steroid dienone is 8. The summed E-state index contributed by atoms with van der Waals surface area (Å²) in [7, 11) is 0. The Morgan fingerprint density at radius 3 is 1.36 bits per heavy atom. The van der Waals surface area contributed by atoms with Crippen molar-refractivity contribution in [1.29, 1.82) is 0 Å². The highest BCUT2D eigenvalue weighted by atomic mass is 15.2. The van der Waals surface area contributed by atoms with Crippen LogP contribution in [0.3, 0.4) is 0 Å². The second-order valence-corrected chi connectivity index (χ2v) is 13.1. The molecular weight excluding hydrogens is 569 g/mol. The summed E-state index contributed by atoms with van der Waals surface area (Å²) in [6.45, 7) is 6.94. The van der Waals surface area contributed by atoms with Gasteiger partial charge in [-0.3, -0.25) is 0 Å². The molecule has 5 unspecified atom stereocenters. The maximum Gasteiger partial charge on any atom is 0.0585 e. The van der Waals surface area contributed by atoms with Crippen LogP contribution in [0, 0.1) is 17.8 Å². The molecule has 0 aliphatic heterocycles. The van der Waals surface area contributed by atoms with Crippen LogP contribution in [0.2, 0.25) is 0 Å². The highest BCUT2D eigenvalue weighted by Crippen LogP contribution is 2.37. The normalized spacial score (nSPS) is 23.0. The lowest BCUT2D eigenvalue weighted by atomic mass is 9.90. The molecular formula is C45H44N2. The standard InChI is InChI=1S/C45H44N2/c1-33-13-7-10-18-43(33)46(40-16-5-4-6-17-40)41-29-25-38(26-30-41)36-21-23-37(24-22-36)39-27-31-42(32-28-39)47(44-19-11-8-14-34(44)2)45-20-12-9-15-35(45)3/h4-14,16-35,43-44H,15H2,1-3H3. The smallest absolute Gasteiger partial charge is 0.0585 e. The lowest BCUT2D eigenvalue weighted by Crippen LogP contribution is -2.40. The summed E-state index contributed by atoms with van der Waals surface area (Å²) in [5.41, 5.74) is 9.95. The molecule has 0 saturated heterocycles. The molecule has 2 heteroatoms. The first kappa shape index (κ1) is 30.6. The molecule has 0 N–H and O–H groups in total. The minimum atomic E-state index is 0.269. The Bertz CT molecular complexity index is 1840. The van der Waals surface area contributed by atoms with Crippen LogP contribution in [0.15, 0.2) is 176 Å². The van der Waals surface area contributed by atoms with Gasteiger partial charge in [0.05, 0.1) is 12.1 Å². The predicted octanol–water partition coefficient (Wildman–Crippen LogP) is 11.7. The van der Waals surface area contributed by atoms with Gasteiger partial charge in [-0.15, -0.1) is 0 Å². The molecule has 3 aliphatic rings. The molecule has 0 fully saturated rings. The SMILES string of the molecule is CC1CC=CC=C1N(c1ccc(-c2ccc(-c3ccc(N(c4ccccc4)C4C=CC=CC4C)cc3)cc2)cc1)C1C=CC=CC1C. The van der Waals surface area contributed by atoms with Crippen LogP contribution < -0.4 is 9.80 Å². The zero-order chi connectivity index (χ0) is 32.2. The van der Waals surface area contributed by atoms with E-state index in [0.717, 1.165) is 6.42 Å². The summed E-state index contributed by atoms with van der Waals surface area (Å²) >= 11 is 0. The Hall–Kier alpha value is -5.08. The summed E-state index contributed by atoms with van der Waals surface area (Å²) in [6.07, 6.45) is 25.8. The molecule has 7 rings (SSSR count). The molecule has 4 aromatic rings. The third-order valence-corrected chi connectivity index (χ3v) is 9.89. The first-order valence-corrected chi connectivity index (χ1v) is 17.1. The Morgan fingerprint density at radius 1 is 0.447 bits per heavy atom. The summed E-state index contributed by atoms with van der Waals surface area (Å²) in [5, 5.41) is 0. The Labute approximate surface area is 281 Å². The summed E-state index contributed by atoms with van der Waals surface area (Å²) in [5.74, 6) is 1.34. The van der Waals surface area contributed by atoms with Gasteiger partial charge in [0.25, 0.3) is 0 Å². The molecule has 0 heterocycles. The summed E-state index contributed by atoms with van der Waals surface area (Å²) < 4.78 is 0. The highest BCUT2D eigenvalue weighted by Gasteiger charge is 2.28. The van der Waals surface area contributed by atoms with Gasteiger partial charge in [0, 0.05) is 22.8 Å². The van der Waals surface area contributed by atoms with E-state index < -0.39 is 0 Å². The fourth-order valence-corrected chi connectivity index (χ4v) is 7.17. The molecule has 47 heavy (non-hydrogen) atoms. The van der Waals surface area contributed by atoms with Crippen molar-refractivity contribution in [2.75, 3.05) is 9.80 Å². The van der Waals surface area contributed by atoms with Gasteiger partial charge >= 0.3 is 0 Å². The molecule has 234 valence electrons. The van der Waals surface area contributed by atoms with Crippen molar-refractivity contribution in [1.82, 2.24) is 0 Å². The van der Waals surface area contributed by atoms with Crippen molar-refractivity contribution < 1.29 is 0 Å². The van der Waals surface area contributed by atoms with E-state index >= 15 is 0 Å². The second-order valence-electron chi connectivity index (χ2n) is 13.1. The van der Waals surface area contributed by atoms with Crippen molar-refractivity contribution in [3.8, 4) is 22.3 Å². The Balaban J connectivity index is 1.11. The summed E-state index contributed by atoms with van der Waals surface area (Å²) in [6, 6.07) is 38.5. The fourth-order valence-electron chi connectivity index (χ4n) is 7.17. The van der Waals surface area contributed by atoms with Crippen LogP contribution in [-0.4, -0.2) is 12.1 Å². The lowest BCUT2D eigenvalue weighted by molar-refractivity contribution is 0.549. The molecule has 0 radical (unpaired) electrons. The van der Waals surface area contributed by atoms with E-state index in [-0.39, 0.29) is 6.04 Å². The number of anilines is 3. The number of para-hydroxylation sites is 1. The molecule has 0 aromatic heterocycles. The molecule has 0 bridgehead atoms. The highest BCUT2D eigenvalue weighted by molar-refractivity contribution is 5.74. The third kappa shape index (κ3) is 6.46. The van der Waals surface area contributed by atoms with Crippen molar-refractivity contribution >= 4 is 17.1 Å². The molecule has 0 amide bonds. The van der Waals surface area contributed by atoms with E-state index in [0.29, 0.717) is 23.8 Å². The van der Waals surface area contributed by atoms with Gasteiger partial charge < -0.3 is 9.80 Å². The molecule has 0 saturated carbocycles. The zero-order valence-corrected chi connectivity index (χ0v) is 27.7. The zero-order valence-electron chi connectivity index (χ0n) is 27.7. The van der Waals surface area contributed by atoms with Crippen LogP contribution >= 0.6 is 0 Å². The van der Waals surface area contributed by atoms with Crippen molar-refractivity contribution in [2.45, 2.75) is 39.3 Å². The van der Waals surface area contributed by atoms with Gasteiger partial charge in [0.15, 0.2) is 0 Å². The quantitative estimate of drug-likeness (QED) is 0.195. The van der Waals surface area contributed by atoms with E-state index in [1.165, 1.54) is 45.0 Å². The van der Waals surface area contributed by atoms with Gasteiger partial charge in [-0.05, 0) is 88.9 Å². The number of hydrogen-bond acceptors (Lipinski definition) is 2. The van der Waals surface area contributed by atoms with E-state index in [1.54, 1.807) is 0 Å².